The summed E-state index contributed by atoms with van der Waals surface area (Å²) in [6.07, 6.45) is 0.238. The van der Waals surface area contributed by atoms with Crippen molar-refractivity contribution in [3.63, 3.8) is 0 Å². The lowest BCUT2D eigenvalue weighted by Gasteiger charge is -2.16. The first-order valence-electron chi connectivity index (χ1n) is 9.37. The summed E-state index contributed by atoms with van der Waals surface area (Å²) in [6.45, 7) is 0.732. The molecule has 2 amide bonds. The first-order chi connectivity index (χ1) is 14.5. The molecule has 1 N–H and O–H groups in total. The summed E-state index contributed by atoms with van der Waals surface area (Å²) in [6, 6.07) is 11.6. The van der Waals surface area contributed by atoms with E-state index in [-0.39, 0.29) is 42.1 Å². The van der Waals surface area contributed by atoms with Gasteiger partial charge in [-0.25, -0.2) is 8.78 Å². The van der Waals surface area contributed by atoms with Gasteiger partial charge in [-0.3, -0.25) is 9.59 Å². The van der Waals surface area contributed by atoms with Gasteiger partial charge in [-0.15, -0.1) is 0 Å². The Morgan fingerprint density at radius 2 is 1.93 bits per heavy atom. The molecule has 1 aliphatic heterocycles. The molecule has 0 bridgehead atoms. The molecule has 0 spiro atoms. The van der Waals surface area contributed by atoms with Gasteiger partial charge in [0.1, 0.15) is 11.6 Å². The van der Waals surface area contributed by atoms with Crippen molar-refractivity contribution in [3.8, 4) is 0 Å². The molecule has 1 fully saturated rings. The normalized spacial score (nSPS) is 16.1. The number of nitrogens with one attached hydrogen (secondary N) is 1. The lowest BCUT2D eigenvalue weighted by atomic mass is 10.1. The molecule has 7 nitrogen and oxygen atoms in total. The number of amides is 2. The van der Waals surface area contributed by atoms with Crippen LogP contribution in [0.15, 0.2) is 53.1 Å². The first-order valence-corrected chi connectivity index (χ1v) is 9.37. The number of hydrogen-bond acceptors (Lipinski definition) is 5. The zero-order valence-corrected chi connectivity index (χ0v) is 15.8. The molecule has 9 heteroatoms. The number of likely N-dealkylation sites (tertiary alicyclic amines) is 1. The summed E-state index contributed by atoms with van der Waals surface area (Å²) >= 11 is 0. The van der Waals surface area contributed by atoms with Gasteiger partial charge in [0.2, 0.25) is 11.8 Å². The van der Waals surface area contributed by atoms with Crippen LogP contribution in [0.3, 0.4) is 0 Å². The molecular weight excluding hydrogens is 394 g/mol. The monoisotopic (exact) mass is 412 g/mol. The van der Waals surface area contributed by atoms with Gasteiger partial charge in [-0.1, -0.05) is 29.4 Å². The maximum atomic E-state index is 13.7. The van der Waals surface area contributed by atoms with E-state index in [0.717, 1.165) is 5.56 Å². The molecule has 154 valence electrons. The Balaban J connectivity index is 1.34. The Labute approximate surface area is 170 Å². The molecule has 3 aromatic rings. The molecular formula is C21H18F2N4O3. The molecule has 4 rings (SSSR count). The summed E-state index contributed by atoms with van der Waals surface area (Å²) in [5.41, 5.74) is 0.755. The number of rotatable bonds is 6. The third kappa shape index (κ3) is 4.35. The van der Waals surface area contributed by atoms with Crippen molar-refractivity contribution in [2.75, 3.05) is 6.54 Å². The highest BCUT2D eigenvalue weighted by molar-refractivity contribution is 5.94. The second-order valence-corrected chi connectivity index (χ2v) is 7.01. The average molecular weight is 412 g/mol. The predicted molar refractivity (Wildman–Crippen MR) is 101 cm³/mol. The van der Waals surface area contributed by atoms with E-state index in [1.54, 1.807) is 23.1 Å². The predicted octanol–water partition coefficient (Wildman–Crippen LogP) is 2.79. The fourth-order valence-electron chi connectivity index (χ4n) is 3.31. The van der Waals surface area contributed by atoms with Crippen molar-refractivity contribution in [3.05, 3.63) is 83.0 Å². The van der Waals surface area contributed by atoms with E-state index in [0.29, 0.717) is 18.9 Å². The van der Waals surface area contributed by atoms with Gasteiger partial charge in [0.05, 0.1) is 12.1 Å². The van der Waals surface area contributed by atoms with E-state index < -0.39 is 11.7 Å². The molecule has 0 aliphatic carbocycles. The van der Waals surface area contributed by atoms with Gasteiger partial charge < -0.3 is 14.7 Å². The highest BCUT2D eigenvalue weighted by Gasteiger charge is 2.33. The minimum Gasteiger partial charge on any atom is -0.343 e. The Bertz CT molecular complexity index is 1070. The molecule has 2 heterocycles. The topological polar surface area (TPSA) is 88.3 Å². The summed E-state index contributed by atoms with van der Waals surface area (Å²) in [5.74, 6) is -1.28. The van der Waals surface area contributed by atoms with Crippen LogP contribution in [0.25, 0.3) is 0 Å². The van der Waals surface area contributed by atoms with Crippen molar-refractivity contribution in [2.45, 2.75) is 25.4 Å². The van der Waals surface area contributed by atoms with Gasteiger partial charge >= 0.3 is 0 Å². The molecule has 0 saturated carbocycles. The van der Waals surface area contributed by atoms with Crippen LogP contribution in [0.4, 0.5) is 8.78 Å². The molecule has 0 unspecified atom stereocenters. The number of halogens is 2. The molecule has 1 atom stereocenters. The van der Waals surface area contributed by atoms with Gasteiger partial charge in [0.15, 0.2) is 5.82 Å². The summed E-state index contributed by atoms with van der Waals surface area (Å²) in [7, 11) is 0. The average Bonchev–Trinajstić information content (AvgIpc) is 3.35. The van der Waals surface area contributed by atoms with Crippen LogP contribution in [0, 0.1) is 11.6 Å². The molecule has 2 aromatic carbocycles. The van der Waals surface area contributed by atoms with Crippen LogP contribution in [0.1, 0.15) is 40.0 Å². The van der Waals surface area contributed by atoms with E-state index in [1.807, 2.05) is 0 Å². The SMILES string of the molecule is O=C(NCc1nc([C@H]2CC(=O)N(Cc3ccc(F)cc3)C2)no1)c1ccccc1F. The van der Waals surface area contributed by atoms with Crippen LogP contribution in [0.2, 0.25) is 0 Å². The molecule has 1 aliphatic rings. The summed E-state index contributed by atoms with van der Waals surface area (Å²) < 4.78 is 31.8. The van der Waals surface area contributed by atoms with Crippen molar-refractivity contribution in [1.29, 1.82) is 0 Å². The lowest BCUT2D eigenvalue weighted by molar-refractivity contribution is -0.128. The van der Waals surface area contributed by atoms with Gasteiger partial charge in [-0.2, -0.15) is 4.98 Å². The third-order valence-electron chi connectivity index (χ3n) is 4.87. The minimum absolute atomic E-state index is 0.0523. The van der Waals surface area contributed by atoms with Crippen LogP contribution in [-0.2, 0) is 17.9 Å². The molecule has 1 saturated heterocycles. The highest BCUT2D eigenvalue weighted by Crippen LogP contribution is 2.27. The van der Waals surface area contributed by atoms with Crippen LogP contribution >= 0.6 is 0 Å². The number of nitrogens with zero attached hydrogens (tertiary/aromatic N) is 3. The number of hydrogen-bond donors (Lipinski definition) is 1. The van der Waals surface area contributed by atoms with E-state index >= 15 is 0 Å². The van der Waals surface area contributed by atoms with Crippen LogP contribution in [-0.4, -0.2) is 33.4 Å². The van der Waals surface area contributed by atoms with E-state index in [4.69, 9.17) is 4.52 Å². The van der Waals surface area contributed by atoms with Crippen molar-refractivity contribution in [1.82, 2.24) is 20.4 Å². The number of aromatic nitrogens is 2. The smallest absolute Gasteiger partial charge is 0.254 e. The fourth-order valence-corrected chi connectivity index (χ4v) is 3.31. The second-order valence-electron chi connectivity index (χ2n) is 7.01. The fraction of sp³-hybridized carbons (Fsp3) is 0.238. The Morgan fingerprint density at radius 3 is 2.70 bits per heavy atom. The van der Waals surface area contributed by atoms with E-state index in [9.17, 15) is 18.4 Å². The number of carbonyl (C=O) groups is 2. The Kier molecular flexibility index (Phi) is 5.51. The van der Waals surface area contributed by atoms with E-state index in [1.165, 1.54) is 30.3 Å². The van der Waals surface area contributed by atoms with Crippen LogP contribution in [0.5, 0.6) is 0 Å². The first kappa shape index (κ1) is 19.7. The standard InChI is InChI=1S/C21H18F2N4O3/c22-15-7-5-13(6-8-15)11-27-12-14(9-19(27)28)20-25-18(30-26-20)10-24-21(29)16-3-1-2-4-17(16)23/h1-8,14H,9-12H2,(H,24,29)/t14-/m0/s1. The summed E-state index contributed by atoms with van der Waals surface area (Å²) in [4.78, 5) is 30.3. The maximum Gasteiger partial charge on any atom is 0.254 e. The largest absolute Gasteiger partial charge is 0.343 e. The Hall–Kier alpha value is -3.62. The van der Waals surface area contributed by atoms with E-state index in [2.05, 4.69) is 15.5 Å². The van der Waals surface area contributed by atoms with Crippen molar-refractivity contribution >= 4 is 11.8 Å². The highest BCUT2D eigenvalue weighted by atomic mass is 19.1. The number of benzene rings is 2. The van der Waals surface area contributed by atoms with Crippen molar-refractivity contribution in [2.24, 2.45) is 0 Å². The van der Waals surface area contributed by atoms with Gasteiger partial charge in [-0.05, 0) is 29.8 Å². The van der Waals surface area contributed by atoms with Crippen LogP contribution < -0.4 is 5.32 Å². The quantitative estimate of drug-likeness (QED) is 0.673. The van der Waals surface area contributed by atoms with Crippen molar-refractivity contribution < 1.29 is 22.9 Å². The Morgan fingerprint density at radius 1 is 1.17 bits per heavy atom. The summed E-state index contributed by atoms with van der Waals surface area (Å²) in [5, 5.41) is 6.45. The second kappa shape index (κ2) is 8.40. The van der Waals surface area contributed by atoms with Gasteiger partial charge in [0, 0.05) is 25.4 Å². The lowest BCUT2D eigenvalue weighted by Crippen LogP contribution is -2.24. The molecule has 0 radical (unpaired) electrons. The molecule has 30 heavy (non-hydrogen) atoms. The third-order valence-corrected chi connectivity index (χ3v) is 4.87. The minimum atomic E-state index is -0.619. The maximum absolute atomic E-state index is 13.7. The van der Waals surface area contributed by atoms with Gasteiger partial charge in [0.25, 0.3) is 5.91 Å². The zero-order chi connectivity index (χ0) is 21.1. The molecule has 1 aromatic heterocycles. The number of carbonyl (C=O) groups excluding carboxylic acids is 2. The zero-order valence-electron chi connectivity index (χ0n) is 15.8.